The number of allylic oxidation sites excluding steroid dienone is 2. The zero-order valence-corrected chi connectivity index (χ0v) is 29.6. The summed E-state index contributed by atoms with van der Waals surface area (Å²) in [5.41, 5.74) is -5.49. The molecule has 260 valence electrons. The van der Waals surface area contributed by atoms with Crippen LogP contribution in [0.15, 0.2) is 54.1 Å². The van der Waals surface area contributed by atoms with Crippen molar-refractivity contribution in [2.24, 2.45) is 39.4 Å². The van der Waals surface area contributed by atoms with E-state index in [1.54, 1.807) is 44.2 Å². The van der Waals surface area contributed by atoms with Crippen LogP contribution in [-0.4, -0.2) is 62.9 Å². The number of Topliss-reactive ketones (excluding diaryl/α,β-unsaturated/α-hetero) is 2. The summed E-state index contributed by atoms with van der Waals surface area (Å²) in [6.45, 7) is 15.5. The van der Waals surface area contributed by atoms with Gasteiger partial charge in [-0.2, -0.15) is 0 Å². The van der Waals surface area contributed by atoms with E-state index in [0.717, 1.165) is 5.57 Å². The van der Waals surface area contributed by atoms with Gasteiger partial charge in [-0.3, -0.25) is 19.2 Å². The van der Waals surface area contributed by atoms with Crippen LogP contribution in [0.5, 0.6) is 0 Å². The lowest BCUT2D eigenvalue weighted by Crippen LogP contribution is -2.65. The van der Waals surface area contributed by atoms with Crippen LogP contribution in [0.3, 0.4) is 0 Å². The number of ether oxygens (including phenoxy) is 2. The fourth-order valence-corrected chi connectivity index (χ4v) is 10.2. The van der Waals surface area contributed by atoms with Crippen molar-refractivity contribution in [1.82, 2.24) is 0 Å². The summed E-state index contributed by atoms with van der Waals surface area (Å²) in [6.07, 6.45) is 3.48. The monoisotopic (exact) mass is 662 g/mol. The molecule has 0 bridgehead atoms. The second-order valence-electron chi connectivity index (χ2n) is 16.5. The summed E-state index contributed by atoms with van der Waals surface area (Å²) in [6, 6.07) is 8.51. The van der Waals surface area contributed by atoms with Crippen molar-refractivity contribution >= 4 is 29.3 Å². The van der Waals surface area contributed by atoms with Gasteiger partial charge in [-0.15, -0.1) is 0 Å². The fraction of sp³-hybridized carbons (Fsp3) is 0.615. The number of aliphatic hydroxyl groups is 2. The van der Waals surface area contributed by atoms with Gasteiger partial charge in [0.15, 0.2) is 17.7 Å². The summed E-state index contributed by atoms with van der Waals surface area (Å²) >= 11 is 0. The van der Waals surface area contributed by atoms with E-state index in [1.807, 2.05) is 27.7 Å². The number of carbonyl (C=O) groups excluding carboxylic acids is 5. The third-order valence-corrected chi connectivity index (χ3v) is 12.8. The van der Waals surface area contributed by atoms with E-state index in [9.17, 15) is 34.2 Å². The Balaban J connectivity index is 1.50. The van der Waals surface area contributed by atoms with Crippen LogP contribution >= 0.6 is 0 Å². The lowest BCUT2D eigenvalue weighted by molar-refractivity contribution is -0.183. The molecule has 2 N–H and O–H groups in total. The first-order valence-corrected chi connectivity index (χ1v) is 16.9. The summed E-state index contributed by atoms with van der Waals surface area (Å²) in [4.78, 5) is 66.8. The van der Waals surface area contributed by atoms with Crippen molar-refractivity contribution in [3.05, 3.63) is 59.7 Å². The number of benzene rings is 1. The Morgan fingerprint density at radius 1 is 0.979 bits per heavy atom. The highest BCUT2D eigenvalue weighted by atomic mass is 16.6. The molecule has 0 amide bonds. The lowest BCUT2D eigenvalue weighted by Gasteiger charge is -2.64. The highest BCUT2D eigenvalue weighted by Crippen LogP contribution is 2.74. The van der Waals surface area contributed by atoms with Crippen molar-refractivity contribution in [1.29, 1.82) is 0 Å². The smallest absolute Gasteiger partial charge is 0.338 e. The summed E-state index contributed by atoms with van der Waals surface area (Å²) in [7, 11) is 0. The van der Waals surface area contributed by atoms with E-state index in [1.165, 1.54) is 26.0 Å². The fourth-order valence-electron chi connectivity index (χ4n) is 10.2. The first-order valence-electron chi connectivity index (χ1n) is 16.9. The third kappa shape index (κ3) is 5.32. The molecule has 1 aromatic carbocycles. The van der Waals surface area contributed by atoms with Gasteiger partial charge < -0.3 is 19.7 Å². The van der Waals surface area contributed by atoms with Gasteiger partial charge in [-0.05, 0) is 101 Å². The highest BCUT2D eigenvalue weighted by molar-refractivity contribution is 5.99. The standard InChI is InChI=1S/C39H50O9/c1-22(40)48-34(2,3)18-17-29(42)39(9,46)31-26(41)20-36(6)28-16-15-24-25(38(28,8)30(43)21-37(31,36)7)19-27(32(44)35(24,4)5)47-33(45)23-13-11-10-12-14-23/h10-15,17-18,25-28,31,41,46H,16,19-21H2,1-9H3/b18-17+/t25-,26-,27+,28+,31+,36+,37-,38+,39+/m1/s1. The molecule has 9 atom stereocenters. The largest absolute Gasteiger partial charge is 0.456 e. The second-order valence-corrected chi connectivity index (χ2v) is 16.5. The number of aliphatic hydroxyl groups excluding tert-OH is 1. The van der Waals surface area contributed by atoms with Crippen LogP contribution in [0.4, 0.5) is 0 Å². The Morgan fingerprint density at radius 2 is 1.60 bits per heavy atom. The Morgan fingerprint density at radius 3 is 2.21 bits per heavy atom. The predicted octanol–water partition coefficient (Wildman–Crippen LogP) is 5.36. The second kappa shape index (κ2) is 11.6. The highest BCUT2D eigenvalue weighted by Gasteiger charge is 2.74. The number of rotatable bonds is 7. The van der Waals surface area contributed by atoms with Gasteiger partial charge in [0.25, 0.3) is 0 Å². The minimum absolute atomic E-state index is 0.0108. The SMILES string of the molecule is CC(=O)OC(C)(C)/C=C/C(=O)[C@](C)(O)[C@H]1[C@H](O)C[C@@]2(C)[C@@H]3CC=C4[C@@H](C[C@H](OC(=O)c5ccccc5)C(=O)C4(C)C)[C@]3(C)C(=O)C[C@]12C. The molecule has 9 nitrogen and oxygen atoms in total. The molecule has 9 heteroatoms. The van der Waals surface area contributed by atoms with Crippen molar-refractivity contribution in [3.63, 3.8) is 0 Å². The molecular weight excluding hydrogens is 612 g/mol. The quantitative estimate of drug-likeness (QED) is 0.224. The minimum Gasteiger partial charge on any atom is -0.456 e. The van der Waals surface area contributed by atoms with Crippen molar-refractivity contribution in [3.8, 4) is 0 Å². The maximum atomic E-state index is 14.7. The van der Waals surface area contributed by atoms with E-state index in [4.69, 9.17) is 9.47 Å². The molecule has 4 aliphatic carbocycles. The van der Waals surface area contributed by atoms with Gasteiger partial charge >= 0.3 is 11.9 Å². The average Bonchev–Trinajstić information content (AvgIpc) is 3.19. The van der Waals surface area contributed by atoms with Crippen LogP contribution in [0.1, 0.15) is 98.4 Å². The van der Waals surface area contributed by atoms with Gasteiger partial charge in [0.05, 0.1) is 11.7 Å². The lowest BCUT2D eigenvalue weighted by atomic mass is 9.38. The number of carbonyl (C=O) groups is 5. The van der Waals surface area contributed by atoms with Gasteiger partial charge in [0.1, 0.15) is 17.0 Å². The van der Waals surface area contributed by atoms with E-state index in [2.05, 4.69) is 13.0 Å². The maximum Gasteiger partial charge on any atom is 0.338 e. The number of ketones is 3. The first-order chi connectivity index (χ1) is 22.0. The number of hydrogen-bond donors (Lipinski definition) is 2. The molecule has 4 aliphatic rings. The Labute approximate surface area is 283 Å². The van der Waals surface area contributed by atoms with E-state index < -0.39 is 74.6 Å². The van der Waals surface area contributed by atoms with Gasteiger partial charge in [-0.25, -0.2) is 4.79 Å². The Hall–Kier alpha value is -3.43. The molecule has 1 aromatic rings. The molecule has 48 heavy (non-hydrogen) atoms. The number of hydrogen-bond acceptors (Lipinski definition) is 9. The molecule has 3 fully saturated rings. The summed E-state index contributed by atoms with van der Waals surface area (Å²) in [5.74, 6) is -3.67. The van der Waals surface area contributed by atoms with E-state index in [-0.39, 0.29) is 36.7 Å². The molecular formula is C39H50O9. The van der Waals surface area contributed by atoms with E-state index in [0.29, 0.717) is 12.0 Å². The number of esters is 2. The minimum atomic E-state index is -2.03. The molecule has 3 saturated carbocycles. The summed E-state index contributed by atoms with van der Waals surface area (Å²) < 4.78 is 11.1. The Kier molecular flexibility index (Phi) is 8.65. The van der Waals surface area contributed by atoms with Crippen LogP contribution in [-0.2, 0) is 28.7 Å². The molecule has 5 rings (SSSR count). The normalized spacial score (nSPS) is 37.1. The van der Waals surface area contributed by atoms with Crippen LogP contribution < -0.4 is 0 Å². The number of fused-ring (bicyclic) bond motifs is 5. The first kappa shape index (κ1) is 35.9. The van der Waals surface area contributed by atoms with Crippen molar-refractivity contribution in [2.45, 2.75) is 111 Å². The average molecular weight is 663 g/mol. The molecule has 0 unspecified atom stereocenters. The Bertz CT molecular complexity index is 1600. The summed E-state index contributed by atoms with van der Waals surface area (Å²) in [5, 5.41) is 23.6. The molecule has 0 spiro atoms. The van der Waals surface area contributed by atoms with E-state index >= 15 is 0 Å². The van der Waals surface area contributed by atoms with Crippen molar-refractivity contribution < 1.29 is 43.7 Å². The van der Waals surface area contributed by atoms with Gasteiger partial charge in [-0.1, -0.05) is 50.6 Å². The molecule has 0 radical (unpaired) electrons. The molecule has 0 saturated heterocycles. The van der Waals surface area contributed by atoms with Crippen molar-refractivity contribution in [2.75, 3.05) is 0 Å². The van der Waals surface area contributed by atoms with Crippen LogP contribution in [0.2, 0.25) is 0 Å². The van der Waals surface area contributed by atoms with Crippen LogP contribution in [0.25, 0.3) is 0 Å². The predicted molar refractivity (Wildman–Crippen MR) is 177 cm³/mol. The zero-order chi connectivity index (χ0) is 35.8. The topological polar surface area (TPSA) is 144 Å². The molecule has 0 heterocycles. The third-order valence-electron chi connectivity index (χ3n) is 12.8. The van der Waals surface area contributed by atoms with Crippen LogP contribution in [0, 0.1) is 39.4 Å². The zero-order valence-electron chi connectivity index (χ0n) is 29.6. The maximum absolute atomic E-state index is 14.7. The van der Waals surface area contributed by atoms with Gasteiger partial charge in [0, 0.05) is 30.1 Å². The molecule has 0 aliphatic heterocycles. The van der Waals surface area contributed by atoms with Gasteiger partial charge in [0.2, 0.25) is 0 Å². The molecule has 0 aromatic heterocycles.